The molecule has 0 radical (unpaired) electrons. The first-order chi connectivity index (χ1) is 29.2. The molecule has 0 unspecified atom stereocenters. The maximum absolute atomic E-state index is 13.6. The Balaban J connectivity index is 1.23. The standard InChI is InChI=1S/C41H34N4O15S2/c1-20-33(37(48)49)16-25(40(52)60-4)17-34(20)45-62(56,57)30-15-22-11-27(6-8-32(22)36(47)19-30)43-41(53)42-26-5-7-31-21(10-26)14-29(18-35(31)46)61(54,55)44-28-12-23(38(50)58-2)9-24(13-28)39(51)59-3/h5-19,44-47H,1-4H3,(H,48,49)(H2,42,43,53). The fourth-order valence-electron chi connectivity index (χ4n) is 6.26. The highest BCUT2D eigenvalue weighted by atomic mass is 32.2. The zero-order chi connectivity index (χ0) is 45.3. The lowest BCUT2D eigenvalue weighted by Gasteiger charge is -2.15. The molecule has 6 rings (SSSR count). The van der Waals surface area contributed by atoms with Crippen molar-refractivity contribution in [2.24, 2.45) is 0 Å². The van der Waals surface area contributed by atoms with Crippen molar-refractivity contribution >= 4 is 94.2 Å². The largest absolute Gasteiger partial charge is 0.507 e. The van der Waals surface area contributed by atoms with Gasteiger partial charge in [-0.15, -0.1) is 0 Å². The zero-order valence-electron chi connectivity index (χ0n) is 32.7. The van der Waals surface area contributed by atoms with E-state index in [0.29, 0.717) is 0 Å². The number of carbonyl (C=O) groups excluding carboxylic acids is 4. The third-order valence-electron chi connectivity index (χ3n) is 9.28. The van der Waals surface area contributed by atoms with Crippen molar-refractivity contribution in [2.75, 3.05) is 41.4 Å². The summed E-state index contributed by atoms with van der Waals surface area (Å²) in [5.74, 6) is -4.90. The summed E-state index contributed by atoms with van der Waals surface area (Å²) in [6.07, 6.45) is 0. The number of amides is 2. The van der Waals surface area contributed by atoms with Gasteiger partial charge in [0.15, 0.2) is 0 Å². The average molecular weight is 887 g/mol. The van der Waals surface area contributed by atoms with Crippen molar-refractivity contribution in [2.45, 2.75) is 16.7 Å². The molecular weight excluding hydrogens is 853 g/mol. The number of phenols is 2. The Bertz CT molecular complexity index is 3080. The lowest BCUT2D eigenvalue weighted by atomic mass is 10.0. The number of ether oxygens (including phenoxy) is 3. The number of hydrogen-bond donors (Lipinski definition) is 7. The van der Waals surface area contributed by atoms with Crippen molar-refractivity contribution < 1.29 is 70.3 Å². The van der Waals surface area contributed by atoms with Crippen LogP contribution in [-0.4, -0.2) is 83.4 Å². The quantitative estimate of drug-likeness (QED) is 0.0546. The van der Waals surface area contributed by atoms with E-state index >= 15 is 0 Å². The summed E-state index contributed by atoms with van der Waals surface area (Å²) in [4.78, 5) is 60.8. The van der Waals surface area contributed by atoms with Crippen LogP contribution in [0.1, 0.15) is 47.0 Å². The summed E-state index contributed by atoms with van der Waals surface area (Å²) >= 11 is 0. The summed E-state index contributed by atoms with van der Waals surface area (Å²) in [7, 11) is -5.72. The number of carboxylic acid groups (broad SMARTS) is 1. The Kier molecular flexibility index (Phi) is 12.0. The number of benzene rings is 6. The number of anilines is 4. The van der Waals surface area contributed by atoms with Gasteiger partial charge < -0.3 is 40.2 Å². The van der Waals surface area contributed by atoms with Crippen LogP contribution in [-0.2, 0) is 34.3 Å². The number of hydrogen-bond acceptors (Lipinski definition) is 14. The molecule has 0 atom stereocenters. The molecule has 0 saturated carbocycles. The summed E-state index contributed by atoms with van der Waals surface area (Å²) in [6, 6.07) is 17.6. The lowest BCUT2D eigenvalue weighted by Crippen LogP contribution is -2.19. The van der Waals surface area contributed by atoms with Gasteiger partial charge in [0.25, 0.3) is 20.0 Å². The van der Waals surface area contributed by atoms with E-state index in [1.807, 2.05) is 0 Å². The van der Waals surface area contributed by atoms with E-state index in [0.717, 1.165) is 63.8 Å². The molecule has 6 aromatic rings. The minimum atomic E-state index is -4.53. The molecule has 2 amide bonds. The van der Waals surface area contributed by atoms with Crippen LogP contribution in [0.4, 0.5) is 27.5 Å². The number of aromatic carboxylic acids is 1. The second kappa shape index (κ2) is 17.0. The topological polar surface area (TPSA) is 290 Å². The van der Waals surface area contributed by atoms with E-state index in [4.69, 9.17) is 9.47 Å². The van der Waals surface area contributed by atoms with Gasteiger partial charge in [-0.1, -0.05) is 0 Å². The van der Waals surface area contributed by atoms with Gasteiger partial charge in [0.1, 0.15) is 11.5 Å². The molecule has 7 N–H and O–H groups in total. The van der Waals surface area contributed by atoms with Gasteiger partial charge in [-0.3, -0.25) is 9.44 Å². The van der Waals surface area contributed by atoms with Gasteiger partial charge in [-0.05, 0) is 102 Å². The first-order valence-corrected chi connectivity index (χ1v) is 20.7. The smallest absolute Gasteiger partial charge is 0.337 e. The zero-order valence-corrected chi connectivity index (χ0v) is 34.4. The normalized spacial score (nSPS) is 11.4. The molecule has 0 bridgehead atoms. The van der Waals surface area contributed by atoms with Gasteiger partial charge in [0.05, 0.1) is 64.7 Å². The minimum Gasteiger partial charge on any atom is -0.507 e. The number of urea groups is 1. The van der Waals surface area contributed by atoms with Gasteiger partial charge in [-0.2, -0.15) is 0 Å². The Morgan fingerprint density at radius 3 is 1.40 bits per heavy atom. The molecule has 320 valence electrons. The van der Waals surface area contributed by atoms with Crippen LogP contribution >= 0.6 is 0 Å². The average Bonchev–Trinajstić information content (AvgIpc) is 3.22. The van der Waals surface area contributed by atoms with Crippen LogP contribution in [0.3, 0.4) is 0 Å². The Hall–Kier alpha value is -7.91. The maximum atomic E-state index is 13.6. The SMILES string of the molecule is COC(=O)c1cc(NS(=O)(=O)c2cc(O)c3ccc(NC(=O)Nc4ccc5c(O)cc(S(=O)(=O)Nc6cc(C(=O)OC)cc(C(=O)O)c6C)cc5c4)cc3c2)cc(C(=O)OC)c1. The lowest BCUT2D eigenvalue weighted by molar-refractivity contribution is 0.0586. The molecule has 21 heteroatoms. The third-order valence-corrected chi connectivity index (χ3v) is 12.0. The van der Waals surface area contributed by atoms with Crippen LogP contribution in [0.25, 0.3) is 21.5 Å². The van der Waals surface area contributed by atoms with Crippen LogP contribution in [0.15, 0.2) is 101 Å². The molecule has 6 aromatic carbocycles. The highest BCUT2D eigenvalue weighted by Crippen LogP contribution is 2.34. The van der Waals surface area contributed by atoms with Crippen molar-refractivity contribution in [3.05, 3.63) is 119 Å². The number of fused-ring (bicyclic) bond motifs is 2. The fraction of sp³-hybridized carbons (Fsp3) is 0.0976. The highest BCUT2D eigenvalue weighted by molar-refractivity contribution is 7.93. The molecule has 0 aliphatic rings. The van der Waals surface area contributed by atoms with E-state index in [9.17, 15) is 56.1 Å². The number of phenolic OH excluding ortho intramolecular Hbond substituents is 2. The van der Waals surface area contributed by atoms with Gasteiger partial charge in [-0.25, -0.2) is 40.8 Å². The Labute approximate surface area is 352 Å². The Morgan fingerprint density at radius 2 is 0.968 bits per heavy atom. The van der Waals surface area contributed by atoms with Crippen molar-refractivity contribution in [3.8, 4) is 11.5 Å². The van der Waals surface area contributed by atoms with E-state index < -0.39 is 71.2 Å². The molecule has 0 aliphatic carbocycles. The van der Waals surface area contributed by atoms with Crippen molar-refractivity contribution in [3.63, 3.8) is 0 Å². The number of rotatable bonds is 12. The van der Waals surface area contributed by atoms with Crippen LogP contribution in [0, 0.1) is 6.92 Å². The highest BCUT2D eigenvalue weighted by Gasteiger charge is 2.24. The number of sulfonamides is 2. The summed E-state index contributed by atoms with van der Waals surface area (Å²) in [6.45, 7) is 1.34. The maximum Gasteiger partial charge on any atom is 0.337 e. The van der Waals surface area contributed by atoms with Gasteiger partial charge in [0.2, 0.25) is 0 Å². The summed E-state index contributed by atoms with van der Waals surface area (Å²) < 4.78 is 72.7. The van der Waals surface area contributed by atoms with Crippen LogP contribution in [0.2, 0.25) is 0 Å². The third kappa shape index (κ3) is 9.12. The van der Waals surface area contributed by atoms with E-state index in [1.165, 1.54) is 55.5 Å². The molecule has 19 nitrogen and oxygen atoms in total. The molecule has 0 heterocycles. The number of methoxy groups -OCH3 is 3. The monoisotopic (exact) mass is 886 g/mol. The second-order valence-electron chi connectivity index (χ2n) is 13.3. The molecule has 0 spiro atoms. The molecule has 0 saturated heterocycles. The second-order valence-corrected chi connectivity index (χ2v) is 16.7. The fourth-order valence-corrected chi connectivity index (χ4v) is 8.52. The number of esters is 3. The van der Waals surface area contributed by atoms with Crippen LogP contribution in [0.5, 0.6) is 11.5 Å². The predicted octanol–water partition coefficient (Wildman–Crippen LogP) is 6.02. The number of nitrogens with one attached hydrogen (secondary N) is 4. The van der Waals surface area contributed by atoms with Crippen LogP contribution < -0.4 is 20.1 Å². The van der Waals surface area contributed by atoms with Gasteiger partial charge >= 0.3 is 29.9 Å². The molecule has 0 aromatic heterocycles. The summed E-state index contributed by atoms with van der Waals surface area (Å²) in [5.41, 5.74) is -0.992. The minimum absolute atomic E-state index is 0.00143. The molecular formula is C41H34N4O15S2. The molecule has 0 fully saturated rings. The predicted molar refractivity (Wildman–Crippen MR) is 224 cm³/mol. The number of carbonyl (C=O) groups is 5. The molecule has 0 aliphatic heterocycles. The first kappa shape index (κ1) is 43.7. The Morgan fingerprint density at radius 1 is 0.532 bits per heavy atom. The summed E-state index contributed by atoms with van der Waals surface area (Å²) in [5, 5.41) is 37.1. The van der Waals surface area contributed by atoms with E-state index in [1.54, 1.807) is 0 Å². The van der Waals surface area contributed by atoms with E-state index in [-0.39, 0.29) is 72.1 Å². The van der Waals surface area contributed by atoms with Crippen molar-refractivity contribution in [1.29, 1.82) is 0 Å². The molecule has 62 heavy (non-hydrogen) atoms. The van der Waals surface area contributed by atoms with E-state index in [2.05, 4.69) is 24.8 Å². The van der Waals surface area contributed by atoms with Crippen molar-refractivity contribution in [1.82, 2.24) is 0 Å². The van der Waals surface area contributed by atoms with Gasteiger partial charge in [0, 0.05) is 34.3 Å². The first-order valence-electron chi connectivity index (χ1n) is 17.7. The number of aromatic hydroxyl groups is 2. The number of carboxylic acids is 1.